The van der Waals surface area contributed by atoms with Crippen LogP contribution in [0.4, 0.5) is 0 Å². The highest BCUT2D eigenvalue weighted by molar-refractivity contribution is 7.68. The van der Waals surface area contributed by atoms with Crippen molar-refractivity contribution in [1.82, 2.24) is 9.97 Å². The first-order chi connectivity index (χ1) is 10.8. The standard InChI is InChI=1S/C8H15N2O11P3/c11-7-5-6(9-8(12)10-7)3-1-2-4-22(13,14)20-24(18,19)21-23(15,16)17/h5H,1-4H2,(H,13,14)(H,18,19)(H2,15,16,17)(H2,9,10,11,12). The summed E-state index contributed by atoms with van der Waals surface area (Å²) in [5.74, 6) is 0. The molecule has 0 aliphatic carbocycles. The summed E-state index contributed by atoms with van der Waals surface area (Å²) in [6, 6.07) is 1.13. The lowest BCUT2D eigenvalue weighted by Gasteiger charge is -2.16. The van der Waals surface area contributed by atoms with Crippen molar-refractivity contribution in [2.45, 2.75) is 19.3 Å². The molecule has 0 saturated carbocycles. The van der Waals surface area contributed by atoms with E-state index in [-0.39, 0.29) is 25.0 Å². The van der Waals surface area contributed by atoms with Crippen LogP contribution in [0, 0.1) is 0 Å². The Morgan fingerprint density at radius 1 is 0.958 bits per heavy atom. The number of rotatable bonds is 9. The van der Waals surface area contributed by atoms with Crippen LogP contribution >= 0.6 is 23.2 Å². The van der Waals surface area contributed by atoms with Gasteiger partial charge in [-0.05, 0) is 19.3 Å². The molecule has 0 bridgehead atoms. The van der Waals surface area contributed by atoms with Gasteiger partial charge in [-0.2, -0.15) is 4.31 Å². The van der Waals surface area contributed by atoms with Crippen molar-refractivity contribution >= 4 is 23.2 Å². The molecule has 2 unspecified atom stereocenters. The number of aromatic amines is 2. The summed E-state index contributed by atoms with van der Waals surface area (Å²) < 4.78 is 40.5. The number of hydrogen-bond donors (Lipinski definition) is 6. The molecule has 0 spiro atoms. The van der Waals surface area contributed by atoms with E-state index in [0.717, 1.165) is 6.07 Å². The van der Waals surface area contributed by atoms with E-state index in [9.17, 15) is 28.2 Å². The van der Waals surface area contributed by atoms with Gasteiger partial charge in [0.15, 0.2) is 0 Å². The number of unbranched alkanes of at least 4 members (excludes halogenated alkanes) is 1. The molecule has 0 amide bonds. The van der Waals surface area contributed by atoms with Gasteiger partial charge in [-0.25, -0.2) is 18.2 Å². The Labute approximate surface area is 134 Å². The average Bonchev–Trinajstić information content (AvgIpc) is 2.28. The molecule has 6 N–H and O–H groups in total. The Hall–Kier alpha value is -0.870. The Morgan fingerprint density at radius 3 is 2.12 bits per heavy atom. The van der Waals surface area contributed by atoms with E-state index in [0.29, 0.717) is 0 Å². The number of aryl methyl sites for hydroxylation is 1. The quantitative estimate of drug-likeness (QED) is 0.232. The zero-order valence-corrected chi connectivity index (χ0v) is 14.6. The first-order valence-electron chi connectivity index (χ1n) is 6.23. The van der Waals surface area contributed by atoms with Gasteiger partial charge in [0.25, 0.3) is 5.56 Å². The third kappa shape index (κ3) is 8.84. The molecular weight excluding hydrogens is 393 g/mol. The van der Waals surface area contributed by atoms with Gasteiger partial charge in [0.05, 0.1) is 6.16 Å². The van der Waals surface area contributed by atoms with Gasteiger partial charge >= 0.3 is 28.9 Å². The van der Waals surface area contributed by atoms with E-state index in [1.165, 1.54) is 0 Å². The Morgan fingerprint density at radius 2 is 1.58 bits per heavy atom. The number of nitrogens with one attached hydrogen (secondary N) is 2. The van der Waals surface area contributed by atoms with Gasteiger partial charge in [0, 0.05) is 11.8 Å². The molecule has 13 nitrogen and oxygen atoms in total. The molecule has 0 radical (unpaired) electrons. The predicted octanol–water partition coefficient (Wildman–Crippen LogP) is -0.202. The lowest BCUT2D eigenvalue weighted by molar-refractivity contribution is 0.222. The maximum atomic E-state index is 11.6. The summed E-state index contributed by atoms with van der Waals surface area (Å²) in [6.07, 6.45) is -0.245. The summed E-state index contributed by atoms with van der Waals surface area (Å²) in [7, 11) is -15.5. The smallest absolute Gasteiger partial charge is 0.324 e. The summed E-state index contributed by atoms with van der Waals surface area (Å²) >= 11 is 0. The molecule has 2 atom stereocenters. The van der Waals surface area contributed by atoms with Crippen LogP contribution in [0.3, 0.4) is 0 Å². The van der Waals surface area contributed by atoms with E-state index in [1.54, 1.807) is 0 Å². The second kappa shape index (κ2) is 8.01. The van der Waals surface area contributed by atoms with Crippen molar-refractivity contribution in [1.29, 1.82) is 0 Å². The average molecular weight is 408 g/mol. The fraction of sp³-hybridized carbons (Fsp3) is 0.500. The van der Waals surface area contributed by atoms with Crippen LogP contribution in [0.5, 0.6) is 0 Å². The van der Waals surface area contributed by atoms with Gasteiger partial charge in [0.2, 0.25) is 0 Å². The molecule has 0 saturated heterocycles. The minimum absolute atomic E-state index is 0.0154. The highest BCUT2D eigenvalue weighted by Gasteiger charge is 2.39. The topological polar surface area (TPSA) is 216 Å². The van der Waals surface area contributed by atoms with Crippen molar-refractivity contribution in [2.24, 2.45) is 0 Å². The molecule has 1 aromatic rings. The number of hydrogen-bond acceptors (Lipinski definition) is 7. The van der Waals surface area contributed by atoms with Gasteiger partial charge in [-0.15, -0.1) is 0 Å². The lowest BCUT2D eigenvalue weighted by Crippen LogP contribution is -2.22. The van der Waals surface area contributed by atoms with E-state index in [4.69, 9.17) is 14.7 Å². The molecule has 0 fully saturated rings. The second-order valence-electron chi connectivity index (χ2n) is 4.55. The van der Waals surface area contributed by atoms with Gasteiger partial charge in [-0.3, -0.25) is 14.3 Å². The molecule has 24 heavy (non-hydrogen) atoms. The summed E-state index contributed by atoms with van der Waals surface area (Å²) in [4.78, 5) is 61.5. The third-order valence-electron chi connectivity index (χ3n) is 2.39. The maximum Gasteiger partial charge on any atom is 0.488 e. The molecular formula is C8H15N2O11P3. The normalized spacial score (nSPS) is 17.2. The van der Waals surface area contributed by atoms with E-state index >= 15 is 0 Å². The molecule has 138 valence electrons. The van der Waals surface area contributed by atoms with Crippen molar-refractivity contribution in [3.8, 4) is 0 Å². The van der Waals surface area contributed by atoms with Crippen LogP contribution in [0.25, 0.3) is 0 Å². The maximum absolute atomic E-state index is 11.6. The van der Waals surface area contributed by atoms with Crippen LogP contribution in [-0.4, -0.2) is 35.7 Å². The van der Waals surface area contributed by atoms with Crippen LogP contribution in [0.2, 0.25) is 0 Å². The largest absolute Gasteiger partial charge is 0.488 e. The fourth-order valence-corrected chi connectivity index (χ4v) is 5.34. The zero-order valence-electron chi connectivity index (χ0n) is 11.9. The highest BCUT2D eigenvalue weighted by atomic mass is 31.3. The Bertz CT molecular complexity index is 795. The first-order valence-corrected chi connectivity index (χ1v) is 11.0. The first kappa shape index (κ1) is 21.2. The molecule has 0 aliphatic heterocycles. The van der Waals surface area contributed by atoms with Crippen LogP contribution in [0.1, 0.15) is 18.5 Å². The summed E-state index contributed by atoms with van der Waals surface area (Å²) in [5, 5.41) is 0. The van der Waals surface area contributed by atoms with E-state index < -0.39 is 40.7 Å². The van der Waals surface area contributed by atoms with Gasteiger partial charge in [0.1, 0.15) is 0 Å². The monoisotopic (exact) mass is 408 g/mol. The molecule has 0 aromatic carbocycles. The Balaban J connectivity index is 2.52. The van der Waals surface area contributed by atoms with E-state index in [2.05, 4.69) is 13.6 Å². The van der Waals surface area contributed by atoms with Gasteiger partial charge < -0.3 is 24.6 Å². The minimum Gasteiger partial charge on any atom is -0.324 e. The van der Waals surface area contributed by atoms with E-state index in [1.807, 2.05) is 4.98 Å². The van der Waals surface area contributed by atoms with Crippen molar-refractivity contribution < 1.29 is 41.9 Å². The number of aromatic nitrogens is 2. The van der Waals surface area contributed by atoms with Crippen molar-refractivity contribution in [2.75, 3.05) is 6.16 Å². The van der Waals surface area contributed by atoms with Crippen LogP contribution < -0.4 is 11.2 Å². The zero-order chi connectivity index (χ0) is 18.6. The highest BCUT2D eigenvalue weighted by Crippen LogP contribution is 2.66. The van der Waals surface area contributed by atoms with Gasteiger partial charge in [-0.1, -0.05) is 0 Å². The third-order valence-corrected chi connectivity index (χ3v) is 6.80. The molecule has 0 aliphatic rings. The molecule has 1 aromatic heterocycles. The Kier molecular flexibility index (Phi) is 7.06. The molecule has 1 heterocycles. The molecule has 1 rings (SSSR count). The molecule has 16 heteroatoms. The summed E-state index contributed by atoms with van der Waals surface area (Å²) in [6.45, 7) is 0. The van der Waals surface area contributed by atoms with Crippen LogP contribution in [-0.2, 0) is 28.7 Å². The lowest BCUT2D eigenvalue weighted by atomic mass is 10.2. The summed E-state index contributed by atoms with van der Waals surface area (Å²) in [5.41, 5.74) is -1.03. The van der Waals surface area contributed by atoms with Crippen molar-refractivity contribution in [3.05, 3.63) is 32.6 Å². The number of H-pyrrole nitrogens is 2. The minimum atomic E-state index is -5.42. The predicted molar refractivity (Wildman–Crippen MR) is 79.4 cm³/mol. The number of phosphoric acid groups is 2. The van der Waals surface area contributed by atoms with Crippen molar-refractivity contribution in [3.63, 3.8) is 0 Å². The van der Waals surface area contributed by atoms with Crippen LogP contribution in [0.15, 0.2) is 15.7 Å². The fourth-order valence-electron chi connectivity index (χ4n) is 1.63. The SMILES string of the molecule is O=c1cc(CCCCP(=O)(O)OP(=O)(O)OP(=O)(O)O)[nH]c(=O)[nH]1. The second-order valence-corrected chi connectivity index (χ2v) is 9.50.